The maximum absolute atomic E-state index is 12.0. The van der Waals surface area contributed by atoms with Gasteiger partial charge in [-0.1, -0.05) is 0 Å². The number of fused-ring (bicyclic) bond motifs is 1. The van der Waals surface area contributed by atoms with Gasteiger partial charge in [0, 0.05) is 13.0 Å². The molecule has 0 unspecified atom stereocenters. The van der Waals surface area contributed by atoms with Gasteiger partial charge in [0.25, 0.3) is 0 Å². The van der Waals surface area contributed by atoms with Crippen LogP contribution in [0.5, 0.6) is 0 Å². The Morgan fingerprint density at radius 2 is 2.25 bits per heavy atom. The SMILES string of the molecule is O=C(O[C@]12CCNC[C@H]1OC2=O)C(F)(F)F. The van der Waals surface area contributed by atoms with Crippen molar-refractivity contribution in [2.24, 2.45) is 0 Å². The zero-order chi connectivity index (χ0) is 12.0. The third kappa shape index (κ3) is 1.53. The van der Waals surface area contributed by atoms with Crippen LogP contribution in [0.3, 0.4) is 0 Å². The largest absolute Gasteiger partial charge is 0.490 e. The highest BCUT2D eigenvalue weighted by Gasteiger charge is 2.64. The monoisotopic (exact) mass is 239 g/mol. The number of piperidine rings is 1. The van der Waals surface area contributed by atoms with Crippen LogP contribution in [0, 0.1) is 0 Å². The van der Waals surface area contributed by atoms with Gasteiger partial charge in [-0.15, -0.1) is 0 Å². The van der Waals surface area contributed by atoms with Crippen LogP contribution in [-0.4, -0.2) is 42.9 Å². The van der Waals surface area contributed by atoms with Gasteiger partial charge < -0.3 is 14.8 Å². The fraction of sp³-hybridized carbons (Fsp3) is 0.750. The molecular formula is C8H8F3NO4. The second kappa shape index (κ2) is 3.34. The number of hydrogen-bond donors (Lipinski definition) is 1. The summed E-state index contributed by atoms with van der Waals surface area (Å²) < 4.78 is 44.9. The molecule has 2 fully saturated rings. The Balaban J connectivity index is 2.12. The lowest BCUT2D eigenvalue weighted by molar-refractivity contribution is -0.261. The zero-order valence-electron chi connectivity index (χ0n) is 7.97. The molecule has 0 aliphatic carbocycles. The summed E-state index contributed by atoms with van der Waals surface area (Å²) in [5, 5.41) is 2.82. The van der Waals surface area contributed by atoms with E-state index in [9.17, 15) is 22.8 Å². The van der Waals surface area contributed by atoms with Crippen molar-refractivity contribution in [3.05, 3.63) is 0 Å². The summed E-state index contributed by atoms with van der Waals surface area (Å²) in [5.74, 6) is -3.26. The van der Waals surface area contributed by atoms with Crippen LogP contribution < -0.4 is 5.32 Å². The lowest BCUT2D eigenvalue weighted by Crippen LogP contribution is -2.71. The summed E-state index contributed by atoms with van der Waals surface area (Å²) in [5.41, 5.74) is -1.74. The summed E-state index contributed by atoms with van der Waals surface area (Å²) in [6.45, 7) is 0.494. The lowest BCUT2D eigenvalue weighted by Gasteiger charge is -2.48. The number of nitrogens with one attached hydrogen (secondary N) is 1. The average Bonchev–Trinajstić information content (AvgIpc) is 2.18. The van der Waals surface area contributed by atoms with Crippen molar-refractivity contribution in [2.75, 3.05) is 13.1 Å². The Hall–Kier alpha value is -1.31. The minimum absolute atomic E-state index is 0.00167. The molecule has 16 heavy (non-hydrogen) atoms. The number of carbonyl (C=O) groups is 2. The molecule has 8 heteroatoms. The van der Waals surface area contributed by atoms with Gasteiger partial charge in [0.05, 0.1) is 0 Å². The van der Waals surface area contributed by atoms with Crippen LogP contribution in [0.25, 0.3) is 0 Å². The molecule has 2 aliphatic heterocycles. The Labute approximate surface area is 87.9 Å². The van der Waals surface area contributed by atoms with Gasteiger partial charge in [0.1, 0.15) is 0 Å². The molecule has 90 valence electrons. The smallest absolute Gasteiger partial charge is 0.453 e. The minimum atomic E-state index is -5.10. The van der Waals surface area contributed by atoms with Crippen molar-refractivity contribution >= 4 is 11.9 Å². The summed E-state index contributed by atoms with van der Waals surface area (Å²) in [7, 11) is 0. The quantitative estimate of drug-likeness (QED) is 0.639. The van der Waals surface area contributed by atoms with E-state index in [1.807, 2.05) is 0 Å². The van der Waals surface area contributed by atoms with E-state index in [2.05, 4.69) is 14.8 Å². The highest BCUT2D eigenvalue weighted by molar-refractivity contribution is 5.90. The van der Waals surface area contributed by atoms with Crippen LogP contribution in [0.1, 0.15) is 6.42 Å². The van der Waals surface area contributed by atoms with Gasteiger partial charge in [-0.3, -0.25) is 0 Å². The Bertz CT molecular complexity index is 343. The molecule has 1 N–H and O–H groups in total. The van der Waals surface area contributed by atoms with E-state index in [0.717, 1.165) is 0 Å². The van der Waals surface area contributed by atoms with Gasteiger partial charge in [-0.2, -0.15) is 13.2 Å². The Morgan fingerprint density at radius 1 is 1.56 bits per heavy atom. The highest BCUT2D eigenvalue weighted by Crippen LogP contribution is 2.38. The first-order valence-corrected chi connectivity index (χ1v) is 4.58. The number of halogens is 3. The lowest BCUT2D eigenvalue weighted by atomic mass is 9.84. The van der Waals surface area contributed by atoms with E-state index in [4.69, 9.17) is 0 Å². The second-order valence-corrected chi connectivity index (χ2v) is 3.62. The predicted molar refractivity (Wildman–Crippen MR) is 42.2 cm³/mol. The molecule has 0 spiro atoms. The predicted octanol–water partition coefficient (Wildman–Crippen LogP) is -0.251. The molecule has 0 saturated carbocycles. The number of ether oxygens (including phenoxy) is 2. The topological polar surface area (TPSA) is 64.6 Å². The van der Waals surface area contributed by atoms with Gasteiger partial charge in [-0.05, 0) is 6.54 Å². The number of alkyl halides is 3. The highest BCUT2D eigenvalue weighted by atomic mass is 19.4. The van der Waals surface area contributed by atoms with E-state index >= 15 is 0 Å². The fourth-order valence-electron chi connectivity index (χ4n) is 1.76. The number of esters is 2. The van der Waals surface area contributed by atoms with Gasteiger partial charge >= 0.3 is 18.1 Å². The molecule has 2 heterocycles. The molecule has 0 radical (unpaired) electrons. The average molecular weight is 239 g/mol. The second-order valence-electron chi connectivity index (χ2n) is 3.62. The molecule has 0 amide bonds. The number of rotatable bonds is 1. The van der Waals surface area contributed by atoms with Crippen LogP contribution in [0.2, 0.25) is 0 Å². The minimum Gasteiger partial charge on any atom is -0.453 e. The van der Waals surface area contributed by atoms with Gasteiger partial charge in [-0.25, -0.2) is 9.59 Å². The molecule has 0 bridgehead atoms. The number of hydrogen-bond acceptors (Lipinski definition) is 5. The van der Waals surface area contributed by atoms with Crippen LogP contribution in [0.4, 0.5) is 13.2 Å². The molecule has 2 saturated heterocycles. The van der Waals surface area contributed by atoms with E-state index < -0.39 is 29.8 Å². The van der Waals surface area contributed by atoms with E-state index in [0.29, 0.717) is 6.54 Å². The summed E-state index contributed by atoms with van der Waals surface area (Å²) >= 11 is 0. The first kappa shape index (κ1) is 11.2. The Morgan fingerprint density at radius 3 is 2.75 bits per heavy atom. The van der Waals surface area contributed by atoms with E-state index in [1.54, 1.807) is 0 Å². The molecule has 2 atom stereocenters. The molecule has 2 aliphatic rings. The van der Waals surface area contributed by atoms with Crippen LogP contribution >= 0.6 is 0 Å². The Kier molecular flexibility index (Phi) is 2.33. The third-order valence-corrected chi connectivity index (χ3v) is 2.62. The maximum Gasteiger partial charge on any atom is 0.490 e. The van der Waals surface area contributed by atoms with Gasteiger partial charge in [0.15, 0.2) is 6.10 Å². The summed E-state index contributed by atoms with van der Waals surface area (Å²) in [6.07, 6.45) is -5.92. The standard InChI is InChI=1S/C8H8F3NO4/c9-8(10,11)6(14)16-7-1-2-12-3-4(7)15-5(7)13/h4,12H,1-3H2/t4-,7-/m1/s1. The summed E-state index contributed by atoms with van der Waals surface area (Å²) in [4.78, 5) is 21.8. The van der Waals surface area contributed by atoms with Crippen molar-refractivity contribution in [2.45, 2.75) is 24.3 Å². The molecule has 2 rings (SSSR count). The normalized spacial score (nSPS) is 33.4. The summed E-state index contributed by atoms with van der Waals surface area (Å²) in [6, 6.07) is 0. The van der Waals surface area contributed by atoms with Crippen molar-refractivity contribution < 1.29 is 32.2 Å². The third-order valence-electron chi connectivity index (χ3n) is 2.62. The molecule has 0 aromatic carbocycles. The van der Waals surface area contributed by atoms with Crippen molar-refractivity contribution in [1.29, 1.82) is 0 Å². The van der Waals surface area contributed by atoms with Crippen molar-refractivity contribution in [3.8, 4) is 0 Å². The van der Waals surface area contributed by atoms with Crippen LogP contribution in [-0.2, 0) is 19.1 Å². The van der Waals surface area contributed by atoms with E-state index in [-0.39, 0.29) is 13.0 Å². The van der Waals surface area contributed by atoms with Crippen molar-refractivity contribution in [3.63, 3.8) is 0 Å². The van der Waals surface area contributed by atoms with Crippen molar-refractivity contribution in [1.82, 2.24) is 5.32 Å². The molecule has 0 aromatic rings. The van der Waals surface area contributed by atoms with Crippen LogP contribution in [0.15, 0.2) is 0 Å². The zero-order valence-corrected chi connectivity index (χ0v) is 7.97. The fourth-order valence-corrected chi connectivity index (χ4v) is 1.76. The first-order chi connectivity index (χ1) is 7.36. The molecule has 0 aromatic heterocycles. The first-order valence-electron chi connectivity index (χ1n) is 4.58. The maximum atomic E-state index is 12.0. The molecular weight excluding hydrogens is 231 g/mol. The van der Waals surface area contributed by atoms with Gasteiger partial charge in [0.2, 0.25) is 5.60 Å². The number of carbonyl (C=O) groups excluding carboxylic acids is 2. The molecule has 5 nitrogen and oxygen atoms in total. The van der Waals surface area contributed by atoms with E-state index in [1.165, 1.54) is 0 Å².